The topological polar surface area (TPSA) is 67.2 Å². The van der Waals surface area contributed by atoms with Gasteiger partial charge in [-0.05, 0) is 72.7 Å². The number of nitrogens with zero attached hydrogens (tertiary/aromatic N) is 2. The summed E-state index contributed by atoms with van der Waals surface area (Å²) in [7, 11) is -4.08. The van der Waals surface area contributed by atoms with E-state index in [1.54, 1.807) is 18.2 Å². The van der Waals surface area contributed by atoms with Gasteiger partial charge in [0.2, 0.25) is 5.62 Å². The Labute approximate surface area is 198 Å². The lowest BCUT2D eigenvalue weighted by Crippen LogP contribution is -2.22. The van der Waals surface area contributed by atoms with E-state index in [1.165, 1.54) is 35.6 Å². The third-order valence-corrected chi connectivity index (χ3v) is 7.28. The van der Waals surface area contributed by atoms with E-state index in [4.69, 9.17) is 0 Å². The van der Waals surface area contributed by atoms with Crippen LogP contribution in [0.4, 0.5) is 17.6 Å². The fraction of sp³-hybridized carbons (Fsp3) is 0.240. The van der Waals surface area contributed by atoms with Crippen molar-refractivity contribution in [3.63, 3.8) is 0 Å². The number of aromatic nitrogens is 2. The van der Waals surface area contributed by atoms with E-state index in [9.17, 15) is 26.0 Å². The van der Waals surface area contributed by atoms with Crippen molar-refractivity contribution in [1.29, 1.82) is 0 Å². The maximum absolute atomic E-state index is 14.2. The van der Waals surface area contributed by atoms with Gasteiger partial charge in [0.25, 0.3) is 10.0 Å². The van der Waals surface area contributed by atoms with Crippen molar-refractivity contribution in [2.45, 2.75) is 36.9 Å². The minimum absolute atomic E-state index is 0.000188. The minimum atomic E-state index is -4.81. The molecule has 0 aliphatic heterocycles. The maximum atomic E-state index is 14.2. The summed E-state index contributed by atoms with van der Waals surface area (Å²) in [6.07, 6.45) is -1.54. The molecular formula is C25H21F4N3O2S. The molecule has 1 saturated carbocycles. The van der Waals surface area contributed by atoms with Crippen LogP contribution in [0.25, 0.3) is 11.0 Å². The number of alkyl halides is 3. The van der Waals surface area contributed by atoms with Crippen LogP contribution in [-0.2, 0) is 29.2 Å². The van der Waals surface area contributed by atoms with Crippen LogP contribution in [0.5, 0.6) is 0 Å². The second kappa shape index (κ2) is 8.67. The first-order chi connectivity index (χ1) is 16.6. The lowest BCUT2D eigenvalue weighted by atomic mass is 10.1. The first-order valence-corrected chi connectivity index (χ1v) is 12.5. The largest absolute Gasteiger partial charge is 0.419 e. The van der Waals surface area contributed by atoms with Crippen LogP contribution < -0.4 is 5.62 Å². The number of H-pyrrole nitrogens is 1. The van der Waals surface area contributed by atoms with Gasteiger partial charge in [0, 0.05) is 0 Å². The van der Waals surface area contributed by atoms with Crippen LogP contribution in [0.1, 0.15) is 29.5 Å². The number of aromatic amines is 1. The molecule has 1 N–H and O–H groups in total. The lowest BCUT2D eigenvalue weighted by molar-refractivity contribution is -0.140. The number of nitrogens with one attached hydrogen (secondary N) is 1. The molecule has 1 aliphatic rings. The van der Waals surface area contributed by atoms with Gasteiger partial charge in [0.15, 0.2) is 0 Å². The van der Waals surface area contributed by atoms with Crippen LogP contribution in [0.2, 0.25) is 0 Å². The zero-order valence-corrected chi connectivity index (χ0v) is 19.2. The highest BCUT2D eigenvalue weighted by molar-refractivity contribution is 7.90. The Morgan fingerprint density at radius 1 is 0.971 bits per heavy atom. The Hall–Kier alpha value is -3.40. The zero-order chi connectivity index (χ0) is 24.8. The second-order valence-electron chi connectivity index (χ2n) is 8.73. The van der Waals surface area contributed by atoms with E-state index in [1.807, 2.05) is 18.2 Å². The summed E-state index contributed by atoms with van der Waals surface area (Å²) in [6.45, 7) is -0.0832. The third kappa shape index (κ3) is 5.02. The van der Waals surface area contributed by atoms with E-state index >= 15 is 0 Å². The van der Waals surface area contributed by atoms with Crippen molar-refractivity contribution in [2.24, 2.45) is 10.3 Å². The number of benzene rings is 3. The predicted octanol–water partition coefficient (Wildman–Crippen LogP) is 5.42. The summed E-state index contributed by atoms with van der Waals surface area (Å²) in [5.41, 5.74) is 1.20. The van der Waals surface area contributed by atoms with Crippen LogP contribution >= 0.6 is 0 Å². The Kier molecular flexibility index (Phi) is 5.79. The molecule has 5 nitrogen and oxygen atoms in total. The van der Waals surface area contributed by atoms with Gasteiger partial charge < -0.3 is 9.55 Å². The predicted molar refractivity (Wildman–Crippen MR) is 122 cm³/mol. The number of fused-ring (bicyclic) bond motifs is 1. The van der Waals surface area contributed by atoms with Crippen molar-refractivity contribution in [1.82, 2.24) is 9.55 Å². The molecule has 0 atom stereocenters. The van der Waals surface area contributed by atoms with Crippen LogP contribution in [0.15, 0.2) is 76.0 Å². The van der Waals surface area contributed by atoms with Gasteiger partial charge in [-0.3, -0.25) is 0 Å². The molecule has 10 heteroatoms. The number of hydrogen-bond donors (Lipinski definition) is 1. The molecule has 0 bridgehead atoms. The summed E-state index contributed by atoms with van der Waals surface area (Å²) in [6, 6.07) is 16.0. The molecule has 1 aromatic heterocycles. The van der Waals surface area contributed by atoms with Crippen molar-refractivity contribution in [3.8, 4) is 0 Å². The van der Waals surface area contributed by atoms with Gasteiger partial charge in [0.05, 0.1) is 28.0 Å². The molecule has 3 aromatic carbocycles. The van der Waals surface area contributed by atoms with Gasteiger partial charge in [0.1, 0.15) is 5.82 Å². The number of rotatable bonds is 6. The van der Waals surface area contributed by atoms with E-state index in [0.717, 1.165) is 18.1 Å². The Balaban J connectivity index is 1.62. The molecular weight excluding hydrogens is 482 g/mol. The number of hydrogen-bond acceptors (Lipinski definition) is 2. The summed E-state index contributed by atoms with van der Waals surface area (Å²) in [5, 5.41) is 0. The van der Waals surface area contributed by atoms with Gasteiger partial charge in [-0.25, -0.2) is 4.39 Å². The zero-order valence-electron chi connectivity index (χ0n) is 18.4. The van der Waals surface area contributed by atoms with Gasteiger partial charge in [-0.2, -0.15) is 21.6 Å². The standard InChI is InChI=1S/C25H21F4N3O2S/c26-21-13-18(8-10-20(21)25(27,28)29)15-32-23-11-9-17(12-16-6-7-16)14-22(23)30-24(32)31-35(33,34)19-4-2-1-3-5-19/h1-5,8-11,13-14,16H,6-7,12,15H2,(H,30,31). The molecule has 0 amide bonds. The number of halogens is 4. The molecule has 0 saturated heterocycles. The quantitative estimate of drug-likeness (QED) is 0.357. The number of imidazole rings is 1. The van der Waals surface area contributed by atoms with E-state index < -0.39 is 27.6 Å². The Morgan fingerprint density at radius 3 is 2.34 bits per heavy atom. The normalized spacial score (nSPS) is 15.1. The lowest BCUT2D eigenvalue weighted by Gasteiger charge is -2.11. The molecule has 0 spiro atoms. The summed E-state index contributed by atoms with van der Waals surface area (Å²) in [5.74, 6) is -0.746. The van der Waals surface area contributed by atoms with Crippen LogP contribution in [0, 0.1) is 11.7 Å². The Morgan fingerprint density at radius 2 is 1.69 bits per heavy atom. The molecule has 4 aromatic rings. The van der Waals surface area contributed by atoms with Gasteiger partial charge in [-0.1, -0.05) is 30.3 Å². The van der Waals surface area contributed by atoms with Crippen molar-refractivity contribution < 1.29 is 26.0 Å². The molecule has 1 aliphatic carbocycles. The van der Waals surface area contributed by atoms with E-state index in [2.05, 4.69) is 9.38 Å². The fourth-order valence-corrected chi connectivity index (χ4v) is 5.04. The summed E-state index contributed by atoms with van der Waals surface area (Å²) < 4.78 is 84.5. The molecule has 35 heavy (non-hydrogen) atoms. The van der Waals surface area contributed by atoms with Crippen molar-refractivity contribution >= 4 is 21.1 Å². The maximum Gasteiger partial charge on any atom is 0.419 e. The SMILES string of the molecule is O=S(=O)(N=c1[nH]c2cc(CC3CC3)ccc2n1Cc1ccc(C(F)(F)F)c(F)c1)c1ccccc1. The average Bonchev–Trinajstić information content (AvgIpc) is 3.55. The average molecular weight is 504 g/mol. The Bertz CT molecular complexity index is 1570. The minimum Gasteiger partial charge on any atom is -0.323 e. The highest BCUT2D eigenvalue weighted by atomic mass is 32.2. The molecule has 5 rings (SSSR count). The highest BCUT2D eigenvalue weighted by Gasteiger charge is 2.34. The molecule has 1 heterocycles. The molecule has 182 valence electrons. The first kappa shape index (κ1) is 23.3. The smallest absolute Gasteiger partial charge is 0.323 e. The first-order valence-electron chi connectivity index (χ1n) is 11.0. The third-order valence-electron chi connectivity index (χ3n) is 6.00. The van der Waals surface area contributed by atoms with Crippen LogP contribution in [0.3, 0.4) is 0 Å². The molecule has 0 unspecified atom stereocenters. The van der Waals surface area contributed by atoms with E-state index in [0.29, 0.717) is 23.0 Å². The second-order valence-corrected chi connectivity index (χ2v) is 10.3. The number of sulfonamides is 1. The highest BCUT2D eigenvalue weighted by Crippen LogP contribution is 2.33. The van der Waals surface area contributed by atoms with E-state index in [-0.39, 0.29) is 22.6 Å². The van der Waals surface area contributed by atoms with Crippen LogP contribution in [-0.4, -0.2) is 18.0 Å². The molecule has 1 fully saturated rings. The summed E-state index contributed by atoms with van der Waals surface area (Å²) >= 11 is 0. The van der Waals surface area contributed by atoms with Crippen molar-refractivity contribution in [3.05, 3.63) is 94.9 Å². The monoisotopic (exact) mass is 503 g/mol. The van der Waals surface area contributed by atoms with Gasteiger partial charge in [-0.15, -0.1) is 4.40 Å². The molecule has 0 radical (unpaired) electrons. The fourth-order valence-electron chi connectivity index (χ4n) is 4.06. The summed E-state index contributed by atoms with van der Waals surface area (Å²) in [4.78, 5) is 3.04. The van der Waals surface area contributed by atoms with Gasteiger partial charge >= 0.3 is 6.18 Å². The van der Waals surface area contributed by atoms with Crippen molar-refractivity contribution in [2.75, 3.05) is 0 Å².